The van der Waals surface area contributed by atoms with E-state index in [2.05, 4.69) is 5.32 Å². The van der Waals surface area contributed by atoms with E-state index in [0.29, 0.717) is 17.7 Å². The zero-order valence-corrected chi connectivity index (χ0v) is 13.9. The third-order valence-electron chi connectivity index (χ3n) is 4.40. The molecule has 1 aliphatic heterocycles. The fourth-order valence-corrected chi connectivity index (χ4v) is 3.06. The van der Waals surface area contributed by atoms with Crippen LogP contribution in [-0.2, 0) is 4.79 Å². The van der Waals surface area contributed by atoms with Gasteiger partial charge >= 0.3 is 0 Å². The highest BCUT2D eigenvalue weighted by atomic mass is 16.2. The van der Waals surface area contributed by atoms with Crippen molar-refractivity contribution in [2.24, 2.45) is 0 Å². The molecule has 1 N–H and O–H groups in total. The number of hydrogen-bond acceptors (Lipinski definition) is 2. The number of nitrogens with one attached hydrogen (secondary N) is 1. The van der Waals surface area contributed by atoms with Gasteiger partial charge in [-0.25, -0.2) is 0 Å². The normalized spacial score (nSPS) is 15.3. The first kappa shape index (κ1) is 16.3. The van der Waals surface area contributed by atoms with E-state index in [1.165, 1.54) is 0 Å². The highest BCUT2D eigenvalue weighted by Crippen LogP contribution is 2.18. The van der Waals surface area contributed by atoms with E-state index in [4.69, 9.17) is 0 Å². The molecule has 0 aliphatic carbocycles. The van der Waals surface area contributed by atoms with Gasteiger partial charge in [-0.2, -0.15) is 0 Å². The van der Waals surface area contributed by atoms with Crippen LogP contribution in [0.4, 0.5) is 5.69 Å². The maximum absolute atomic E-state index is 12.4. The van der Waals surface area contributed by atoms with E-state index in [-0.39, 0.29) is 17.9 Å². The topological polar surface area (TPSA) is 54.3 Å². The van der Waals surface area contributed by atoms with Crippen molar-refractivity contribution >= 4 is 17.5 Å². The minimum absolute atomic E-state index is 0.0457. The predicted molar refractivity (Wildman–Crippen MR) is 94.0 cm³/mol. The van der Waals surface area contributed by atoms with Gasteiger partial charge in [0, 0.05) is 49.2 Å². The standard InChI is InChI=1S/C19H23N3O2/c1-15(21-9-2-3-10-21)13-18(23)20-17-8-6-7-16(14-17)19(24)22-11-4-5-12-22/h2-3,6-10,14-15H,4-5,11-13H2,1H3,(H,20,23)/t15-/m0/s1. The SMILES string of the molecule is C[C@@H](CC(=O)Nc1cccc(C(=O)N2CCCC2)c1)n1cccc1. The van der Waals surface area contributed by atoms with E-state index >= 15 is 0 Å². The van der Waals surface area contributed by atoms with Crippen molar-refractivity contribution in [3.63, 3.8) is 0 Å². The number of amides is 2. The Balaban J connectivity index is 1.61. The number of carbonyl (C=O) groups excluding carboxylic acids is 2. The lowest BCUT2D eigenvalue weighted by Gasteiger charge is -2.16. The van der Waals surface area contributed by atoms with Gasteiger partial charge in [0.05, 0.1) is 0 Å². The van der Waals surface area contributed by atoms with Crippen LogP contribution in [0.15, 0.2) is 48.8 Å². The quantitative estimate of drug-likeness (QED) is 0.917. The van der Waals surface area contributed by atoms with E-state index in [9.17, 15) is 9.59 Å². The smallest absolute Gasteiger partial charge is 0.253 e. The van der Waals surface area contributed by atoms with Crippen molar-refractivity contribution in [2.75, 3.05) is 18.4 Å². The van der Waals surface area contributed by atoms with Crippen LogP contribution in [0.25, 0.3) is 0 Å². The minimum atomic E-state index is -0.0537. The van der Waals surface area contributed by atoms with Gasteiger partial charge in [0.25, 0.3) is 5.91 Å². The number of likely N-dealkylation sites (tertiary alicyclic amines) is 1. The lowest BCUT2D eigenvalue weighted by Crippen LogP contribution is -2.27. The number of hydrogen-bond donors (Lipinski definition) is 1. The van der Waals surface area contributed by atoms with Gasteiger partial charge in [-0.05, 0) is 50.1 Å². The van der Waals surface area contributed by atoms with Crippen LogP contribution < -0.4 is 5.32 Å². The summed E-state index contributed by atoms with van der Waals surface area (Å²) in [4.78, 5) is 26.5. The Morgan fingerprint density at radius 3 is 2.54 bits per heavy atom. The van der Waals surface area contributed by atoms with Crippen LogP contribution in [0.1, 0.15) is 42.6 Å². The fourth-order valence-electron chi connectivity index (χ4n) is 3.06. The van der Waals surface area contributed by atoms with Crippen molar-refractivity contribution in [1.29, 1.82) is 0 Å². The number of rotatable bonds is 5. The number of anilines is 1. The maximum Gasteiger partial charge on any atom is 0.253 e. The second-order valence-electron chi connectivity index (χ2n) is 6.31. The minimum Gasteiger partial charge on any atom is -0.351 e. The Bertz CT molecular complexity index is 703. The van der Waals surface area contributed by atoms with Gasteiger partial charge in [0.15, 0.2) is 0 Å². The first-order valence-electron chi connectivity index (χ1n) is 8.45. The summed E-state index contributed by atoms with van der Waals surface area (Å²) in [5.41, 5.74) is 1.30. The Hall–Kier alpha value is -2.56. The molecule has 1 atom stereocenters. The molecule has 0 bridgehead atoms. The van der Waals surface area contributed by atoms with E-state index in [1.54, 1.807) is 12.1 Å². The summed E-state index contributed by atoms with van der Waals surface area (Å²) in [7, 11) is 0. The summed E-state index contributed by atoms with van der Waals surface area (Å²) in [6.45, 7) is 3.65. The molecular weight excluding hydrogens is 302 g/mol. The first-order chi connectivity index (χ1) is 11.6. The summed E-state index contributed by atoms with van der Waals surface area (Å²) in [6, 6.07) is 11.2. The molecule has 3 rings (SSSR count). The summed E-state index contributed by atoms with van der Waals surface area (Å²) in [5, 5.41) is 2.90. The van der Waals surface area contributed by atoms with Crippen LogP contribution in [-0.4, -0.2) is 34.4 Å². The third-order valence-corrected chi connectivity index (χ3v) is 4.40. The average Bonchev–Trinajstić information content (AvgIpc) is 3.27. The molecule has 0 unspecified atom stereocenters. The molecule has 0 spiro atoms. The average molecular weight is 325 g/mol. The highest BCUT2D eigenvalue weighted by molar-refractivity contribution is 5.97. The van der Waals surface area contributed by atoms with E-state index < -0.39 is 0 Å². The highest BCUT2D eigenvalue weighted by Gasteiger charge is 2.19. The molecule has 5 nitrogen and oxygen atoms in total. The van der Waals surface area contributed by atoms with Crippen LogP contribution in [0, 0.1) is 0 Å². The molecule has 1 saturated heterocycles. The van der Waals surface area contributed by atoms with Crippen molar-refractivity contribution < 1.29 is 9.59 Å². The Labute approximate surface area is 142 Å². The predicted octanol–water partition coefficient (Wildman–Crippen LogP) is 3.31. The molecule has 1 fully saturated rings. The van der Waals surface area contributed by atoms with Gasteiger partial charge in [-0.3, -0.25) is 9.59 Å². The lowest BCUT2D eigenvalue weighted by molar-refractivity contribution is -0.116. The van der Waals surface area contributed by atoms with Crippen LogP contribution in [0.2, 0.25) is 0 Å². The Morgan fingerprint density at radius 2 is 1.83 bits per heavy atom. The zero-order valence-electron chi connectivity index (χ0n) is 13.9. The van der Waals surface area contributed by atoms with Crippen LogP contribution >= 0.6 is 0 Å². The van der Waals surface area contributed by atoms with Crippen LogP contribution in [0.3, 0.4) is 0 Å². The van der Waals surface area contributed by atoms with Crippen molar-refractivity contribution in [3.8, 4) is 0 Å². The number of benzene rings is 1. The number of carbonyl (C=O) groups is 2. The molecule has 24 heavy (non-hydrogen) atoms. The molecule has 1 aromatic heterocycles. The van der Waals surface area contributed by atoms with Gasteiger partial charge in [-0.15, -0.1) is 0 Å². The second-order valence-corrected chi connectivity index (χ2v) is 6.31. The summed E-state index contributed by atoms with van der Waals surface area (Å²) in [6.07, 6.45) is 6.43. The lowest BCUT2D eigenvalue weighted by atomic mass is 10.1. The largest absolute Gasteiger partial charge is 0.351 e. The zero-order chi connectivity index (χ0) is 16.9. The monoisotopic (exact) mass is 325 g/mol. The maximum atomic E-state index is 12.4. The van der Waals surface area contributed by atoms with Gasteiger partial charge in [-0.1, -0.05) is 6.07 Å². The third kappa shape index (κ3) is 3.85. The van der Waals surface area contributed by atoms with Crippen LogP contribution in [0.5, 0.6) is 0 Å². The van der Waals surface area contributed by atoms with E-state index in [1.807, 2.05) is 53.0 Å². The number of aromatic nitrogens is 1. The number of nitrogens with zero attached hydrogens (tertiary/aromatic N) is 2. The molecule has 5 heteroatoms. The fraction of sp³-hybridized carbons (Fsp3) is 0.368. The summed E-state index contributed by atoms with van der Waals surface area (Å²) >= 11 is 0. The molecule has 0 saturated carbocycles. The molecule has 2 heterocycles. The van der Waals surface area contributed by atoms with Gasteiger partial charge < -0.3 is 14.8 Å². The molecule has 1 aliphatic rings. The Kier molecular flexibility index (Phi) is 4.99. The summed E-state index contributed by atoms with van der Waals surface area (Å²) in [5.74, 6) is -0.00807. The molecule has 0 radical (unpaired) electrons. The summed E-state index contributed by atoms with van der Waals surface area (Å²) < 4.78 is 2.01. The molecule has 126 valence electrons. The first-order valence-corrected chi connectivity index (χ1v) is 8.45. The van der Waals surface area contributed by atoms with Crippen molar-refractivity contribution in [1.82, 2.24) is 9.47 Å². The molecular formula is C19H23N3O2. The van der Waals surface area contributed by atoms with Crippen molar-refractivity contribution in [2.45, 2.75) is 32.2 Å². The van der Waals surface area contributed by atoms with E-state index in [0.717, 1.165) is 25.9 Å². The second kappa shape index (κ2) is 7.34. The van der Waals surface area contributed by atoms with Gasteiger partial charge in [0.2, 0.25) is 5.91 Å². The molecule has 1 aromatic carbocycles. The van der Waals surface area contributed by atoms with Gasteiger partial charge in [0.1, 0.15) is 0 Å². The Morgan fingerprint density at radius 1 is 1.12 bits per heavy atom. The molecule has 2 aromatic rings. The molecule has 2 amide bonds. The van der Waals surface area contributed by atoms with Crippen molar-refractivity contribution in [3.05, 3.63) is 54.4 Å².